The number of carboxylic acids is 1. The predicted molar refractivity (Wildman–Crippen MR) is 63.5 cm³/mol. The van der Waals surface area contributed by atoms with Gasteiger partial charge >= 0.3 is 5.97 Å². The molecular formula is C9H7Br2NO3. The SMILES string of the molecule is O=C(CBr)Nc1ccc(Br)cc1C(=O)O. The average Bonchev–Trinajstić information content (AvgIpc) is 2.20. The number of halogens is 2. The first-order chi connectivity index (χ1) is 7.04. The zero-order chi connectivity index (χ0) is 11.4. The van der Waals surface area contributed by atoms with Gasteiger partial charge < -0.3 is 10.4 Å². The number of rotatable bonds is 3. The summed E-state index contributed by atoms with van der Waals surface area (Å²) in [4.78, 5) is 21.9. The molecule has 2 N–H and O–H groups in total. The molecule has 0 bridgehead atoms. The smallest absolute Gasteiger partial charge is 0.337 e. The van der Waals surface area contributed by atoms with Crippen LogP contribution in [0.15, 0.2) is 22.7 Å². The molecule has 1 aromatic carbocycles. The Bertz CT molecular complexity index is 406. The summed E-state index contributed by atoms with van der Waals surface area (Å²) in [5.41, 5.74) is 0.342. The van der Waals surface area contributed by atoms with Crippen molar-refractivity contribution in [2.45, 2.75) is 0 Å². The maximum absolute atomic E-state index is 11.1. The van der Waals surface area contributed by atoms with Gasteiger partial charge in [0.05, 0.1) is 16.6 Å². The van der Waals surface area contributed by atoms with E-state index in [0.29, 0.717) is 4.47 Å². The summed E-state index contributed by atoms with van der Waals surface area (Å²) in [6, 6.07) is 4.64. The first-order valence-electron chi connectivity index (χ1n) is 3.93. The second-order valence-electron chi connectivity index (χ2n) is 2.68. The van der Waals surface area contributed by atoms with Gasteiger partial charge in [-0.2, -0.15) is 0 Å². The Morgan fingerprint density at radius 2 is 2.07 bits per heavy atom. The van der Waals surface area contributed by atoms with E-state index in [4.69, 9.17) is 5.11 Å². The zero-order valence-corrected chi connectivity index (χ0v) is 10.6. The van der Waals surface area contributed by atoms with Crippen LogP contribution in [0, 0.1) is 0 Å². The number of aromatic carboxylic acids is 1. The number of nitrogens with one attached hydrogen (secondary N) is 1. The molecule has 0 spiro atoms. The highest BCUT2D eigenvalue weighted by Gasteiger charge is 2.12. The van der Waals surface area contributed by atoms with E-state index in [1.165, 1.54) is 12.1 Å². The molecule has 0 atom stereocenters. The third kappa shape index (κ3) is 3.32. The Morgan fingerprint density at radius 1 is 1.40 bits per heavy atom. The van der Waals surface area contributed by atoms with E-state index in [-0.39, 0.29) is 22.5 Å². The molecule has 1 aromatic rings. The van der Waals surface area contributed by atoms with E-state index in [1.807, 2.05) is 0 Å². The minimum Gasteiger partial charge on any atom is -0.478 e. The molecule has 0 unspecified atom stereocenters. The maximum Gasteiger partial charge on any atom is 0.337 e. The van der Waals surface area contributed by atoms with Crippen LogP contribution < -0.4 is 5.32 Å². The largest absolute Gasteiger partial charge is 0.478 e. The molecular weight excluding hydrogens is 330 g/mol. The second kappa shape index (κ2) is 5.27. The van der Waals surface area contributed by atoms with Crippen LogP contribution in [0.4, 0.5) is 5.69 Å². The van der Waals surface area contributed by atoms with Crippen molar-refractivity contribution < 1.29 is 14.7 Å². The van der Waals surface area contributed by atoms with Gasteiger partial charge in [0.2, 0.25) is 5.91 Å². The highest BCUT2D eigenvalue weighted by molar-refractivity contribution is 9.10. The van der Waals surface area contributed by atoms with Gasteiger partial charge in [-0.1, -0.05) is 31.9 Å². The minimum absolute atomic E-state index is 0.0543. The van der Waals surface area contributed by atoms with Gasteiger partial charge in [0, 0.05) is 4.47 Å². The van der Waals surface area contributed by atoms with Gasteiger partial charge in [-0.3, -0.25) is 4.79 Å². The zero-order valence-electron chi connectivity index (χ0n) is 7.46. The lowest BCUT2D eigenvalue weighted by Crippen LogP contribution is -2.15. The summed E-state index contributed by atoms with van der Waals surface area (Å²) in [6.45, 7) is 0. The Morgan fingerprint density at radius 3 is 2.60 bits per heavy atom. The lowest BCUT2D eigenvalue weighted by Gasteiger charge is -2.07. The maximum atomic E-state index is 11.1. The van der Waals surface area contributed by atoms with Gasteiger partial charge in [0.15, 0.2) is 0 Å². The first kappa shape index (κ1) is 12.2. The van der Waals surface area contributed by atoms with E-state index in [0.717, 1.165) is 0 Å². The molecule has 1 amide bonds. The van der Waals surface area contributed by atoms with Gasteiger partial charge in [0.25, 0.3) is 0 Å². The van der Waals surface area contributed by atoms with Crippen LogP contribution in [-0.4, -0.2) is 22.3 Å². The Hall–Kier alpha value is -0.880. The summed E-state index contributed by atoms with van der Waals surface area (Å²) < 4.78 is 0.650. The van der Waals surface area contributed by atoms with Crippen molar-refractivity contribution in [3.05, 3.63) is 28.2 Å². The van der Waals surface area contributed by atoms with Gasteiger partial charge in [-0.15, -0.1) is 0 Å². The van der Waals surface area contributed by atoms with Gasteiger partial charge in [-0.05, 0) is 18.2 Å². The molecule has 0 saturated carbocycles. The van der Waals surface area contributed by atoms with Crippen LogP contribution >= 0.6 is 31.9 Å². The summed E-state index contributed by atoms with van der Waals surface area (Å²) in [5.74, 6) is -1.37. The van der Waals surface area contributed by atoms with Crippen molar-refractivity contribution >= 4 is 49.4 Å². The Kier molecular flexibility index (Phi) is 4.28. The van der Waals surface area contributed by atoms with E-state index in [2.05, 4.69) is 37.2 Å². The summed E-state index contributed by atoms with van der Waals surface area (Å²) >= 11 is 6.14. The molecule has 0 aliphatic heterocycles. The van der Waals surface area contributed by atoms with Crippen LogP contribution in [0.1, 0.15) is 10.4 Å². The normalized spacial score (nSPS) is 9.73. The van der Waals surface area contributed by atoms with E-state index in [1.54, 1.807) is 6.07 Å². The number of carboxylic acid groups (broad SMARTS) is 1. The number of alkyl halides is 1. The van der Waals surface area contributed by atoms with Crippen molar-refractivity contribution in [2.75, 3.05) is 10.6 Å². The van der Waals surface area contributed by atoms with Crippen molar-refractivity contribution in [3.63, 3.8) is 0 Å². The van der Waals surface area contributed by atoms with Crippen LogP contribution in [-0.2, 0) is 4.79 Å². The number of carbonyl (C=O) groups excluding carboxylic acids is 1. The fourth-order valence-electron chi connectivity index (χ4n) is 0.986. The standard InChI is InChI=1S/C9H7Br2NO3/c10-4-8(13)12-7-2-1-5(11)3-6(7)9(14)15/h1-3H,4H2,(H,12,13)(H,14,15). The lowest BCUT2D eigenvalue weighted by molar-refractivity contribution is -0.113. The first-order valence-corrected chi connectivity index (χ1v) is 5.84. The van der Waals surface area contributed by atoms with Crippen LogP contribution in [0.5, 0.6) is 0 Å². The number of hydrogen-bond donors (Lipinski definition) is 2. The van der Waals surface area contributed by atoms with E-state index >= 15 is 0 Å². The fourth-order valence-corrected chi connectivity index (χ4v) is 1.49. The van der Waals surface area contributed by atoms with E-state index < -0.39 is 5.97 Å². The minimum atomic E-state index is -1.08. The third-order valence-electron chi connectivity index (χ3n) is 1.61. The molecule has 6 heteroatoms. The van der Waals surface area contributed by atoms with Crippen LogP contribution in [0.2, 0.25) is 0 Å². The topological polar surface area (TPSA) is 66.4 Å². The lowest BCUT2D eigenvalue weighted by atomic mass is 10.2. The van der Waals surface area contributed by atoms with Gasteiger partial charge in [0.1, 0.15) is 0 Å². The summed E-state index contributed by atoms with van der Waals surface area (Å²) in [6.07, 6.45) is 0. The number of carbonyl (C=O) groups is 2. The number of hydrogen-bond acceptors (Lipinski definition) is 2. The molecule has 0 aliphatic rings. The summed E-state index contributed by atoms with van der Waals surface area (Å²) in [5, 5.41) is 11.5. The molecule has 15 heavy (non-hydrogen) atoms. The Labute approximate surface area is 103 Å². The number of amides is 1. The predicted octanol–water partition coefficient (Wildman–Crippen LogP) is 2.48. The molecule has 0 aromatic heterocycles. The van der Waals surface area contributed by atoms with E-state index in [9.17, 15) is 9.59 Å². The van der Waals surface area contributed by atoms with Crippen molar-refractivity contribution in [1.29, 1.82) is 0 Å². The summed E-state index contributed by atoms with van der Waals surface area (Å²) in [7, 11) is 0. The highest BCUT2D eigenvalue weighted by atomic mass is 79.9. The Balaban J connectivity index is 3.06. The van der Waals surface area contributed by atoms with Crippen molar-refractivity contribution in [2.24, 2.45) is 0 Å². The van der Waals surface area contributed by atoms with Crippen LogP contribution in [0.25, 0.3) is 0 Å². The molecule has 0 saturated heterocycles. The second-order valence-corrected chi connectivity index (χ2v) is 4.15. The molecule has 4 nitrogen and oxygen atoms in total. The fraction of sp³-hybridized carbons (Fsp3) is 0.111. The highest BCUT2D eigenvalue weighted by Crippen LogP contribution is 2.21. The van der Waals surface area contributed by atoms with Crippen molar-refractivity contribution in [1.82, 2.24) is 0 Å². The number of benzene rings is 1. The molecule has 0 radical (unpaired) electrons. The molecule has 0 aliphatic carbocycles. The molecule has 0 fully saturated rings. The van der Waals surface area contributed by atoms with Crippen molar-refractivity contribution in [3.8, 4) is 0 Å². The quantitative estimate of drug-likeness (QED) is 0.833. The average molecular weight is 337 g/mol. The molecule has 1 rings (SSSR count). The van der Waals surface area contributed by atoms with Crippen LogP contribution in [0.3, 0.4) is 0 Å². The third-order valence-corrected chi connectivity index (χ3v) is 2.61. The monoisotopic (exact) mass is 335 g/mol. The van der Waals surface area contributed by atoms with Gasteiger partial charge in [-0.25, -0.2) is 4.79 Å². The molecule has 80 valence electrons. The molecule has 0 heterocycles. The number of anilines is 1.